The van der Waals surface area contributed by atoms with Crippen LogP contribution >= 0.6 is 0 Å². The fraction of sp³-hybridized carbons (Fsp3) is 0. The third-order valence-corrected chi connectivity index (χ3v) is 4.13. The van der Waals surface area contributed by atoms with Gasteiger partial charge in [0, 0.05) is 11.1 Å². The molecule has 0 unspecified atom stereocenters. The monoisotopic (exact) mass is 326 g/mol. The van der Waals surface area contributed by atoms with E-state index in [1.807, 2.05) is 54.6 Å². The van der Waals surface area contributed by atoms with Gasteiger partial charge in [0.2, 0.25) is 0 Å². The Balaban J connectivity index is 2.04. The van der Waals surface area contributed by atoms with Crippen LogP contribution in [0.2, 0.25) is 0 Å². The number of aromatic nitrogens is 2. The van der Waals surface area contributed by atoms with Crippen LogP contribution in [0.3, 0.4) is 0 Å². The van der Waals surface area contributed by atoms with Gasteiger partial charge in [-0.1, -0.05) is 42.5 Å². The fourth-order valence-electron chi connectivity index (χ4n) is 2.91. The fourth-order valence-corrected chi connectivity index (χ4v) is 2.91. The molecule has 0 radical (unpaired) electrons. The zero-order chi connectivity index (χ0) is 17.2. The SMILES string of the molecule is O=Cc1ccc(-c2c3ccccc3nc(-c3ccccc3)[n+]2[O-])cc1. The summed E-state index contributed by atoms with van der Waals surface area (Å²) in [6, 6.07) is 23.9. The molecule has 4 nitrogen and oxygen atoms in total. The molecule has 0 bridgehead atoms. The van der Waals surface area contributed by atoms with Gasteiger partial charge in [-0.2, -0.15) is 0 Å². The normalized spacial score (nSPS) is 10.7. The number of para-hydroxylation sites is 1. The Morgan fingerprint density at radius 2 is 1.48 bits per heavy atom. The highest BCUT2D eigenvalue weighted by Crippen LogP contribution is 2.27. The molecule has 0 fully saturated rings. The molecule has 0 N–H and O–H groups in total. The van der Waals surface area contributed by atoms with Gasteiger partial charge < -0.3 is 5.21 Å². The van der Waals surface area contributed by atoms with E-state index >= 15 is 0 Å². The molecule has 0 amide bonds. The molecular formula is C21H14N2O2. The van der Waals surface area contributed by atoms with Crippen molar-refractivity contribution in [1.29, 1.82) is 0 Å². The van der Waals surface area contributed by atoms with Crippen molar-refractivity contribution in [2.75, 3.05) is 0 Å². The predicted octanol–water partition coefficient (Wildman–Crippen LogP) is 4.01. The number of carbonyl (C=O) groups is 1. The summed E-state index contributed by atoms with van der Waals surface area (Å²) in [6.07, 6.45) is 0.787. The number of hydrogen-bond acceptors (Lipinski definition) is 3. The van der Waals surface area contributed by atoms with Crippen LogP contribution in [0, 0.1) is 5.21 Å². The van der Waals surface area contributed by atoms with Crippen molar-refractivity contribution < 1.29 is 9.52 Å². The highest BCUT2D eigenvalue weighted by Gasteiger charge is 2.20. The number of carbonyl (C=O) groups excluding carboxylic acids is 1. The second-order valence-corrected chi connectivity index (χ2v) is 5.70. The molecule has 25 heavy (non-hydrogen) atoms. The summed E-state index contributed by atoms with van der Waals surface area (Å²) < 4.78 is 0.869. The highest BCUT2D eigenvalue weighted by atomic mass is 16.5. The van der Waals surface area contributed by atoms with E-state index in [9.17, 15) is 10.0 Å². The van der Waals surface area contributed by atoms with Gasteiger partial charge in [-0.25, -0.2) is 4.73 Å². The van der Waals surface area contributed by atoms with Crippen molar-refractivity contribution in [1.82, 2.24) is 4.98 Å². The summed E-state index contributed by atoms with van der Waals surface area (Å²) in [4.78, 5) is 15.5. The number of nitrogens with zero attached hydrogens (tertiary/aromatic N) is 2. The molecule has 1 aromatic heterocycles. The van der Waals surface area contributed by atoms with Crippen molar-refractivity contribution in [3.05, 3.63) is 89.6 Å². The molecule has 0 aliphatic rings. The lowest BCUT2D eigenvalue weighted by Gasteiger charge is -2.14. The van der Waals surface area contributed by atoms with Crippen LogP contribution in [0.25, 0.3) is 33.5 Å². The Bertz CT molecular complexity index is 1060. The smallest absolute Gasteiger partial charge is 0.334 e. The van der Waals surface area contributed by atoms with Crippen molar-refractivity contribution in [3.8, 4) is 22.6 Å². The highest BCUT2D eigenvalue weighted by molar-refractivity contribution is 5.92. The van der Waals surface area contributed by atoms with E-state index in [0.717, 1.165) is 33.0 Å². The molecule has 0 spiro atoms. The molecule has 1 heterocycles. The van der Waals surface area contributed by atoms with Crippen LogP contribution in [0.15, 0.2) is 78.9 Å². The van der Waals surface area contributed by atoms with E-state index in [1.54, 1.807) is 24.3 Å². The van der Waals surface area contributed by atoms with Gasteiger partial charge in [-0.3, -0.25) is 4.79 Å². The standard InChI is InChI=1S/C21H14N2O2/c24-14-15-10-12-16(13-11-15)20-18-8-4-5-9-19(18)22-21(23(20)25)17-6-2-1-3-7-17/h1-14H. The molecule has 0 atom stereocenters. The van der Waals surface area contributed by atoms with Gasteiger partial charge in [0.15, 0.2) is 5.52 Å². The average molecular weight is 326 g/mol. The molecule has 0 saturated carbocycles. The van der Waals surface area contributed by atoms with Crippen LogP contribution in [-0.2, 0) is 0 Å². The van der Waals surface area contributed by atoms with Gasteiger partial charge in [0.05, 0.1) is 10.9 Å². The second-order valence-electron chi connectivity index (χ2n) is 5.70. The number of fused-ring (bicyclic) bond motifs is 1. The van der Waals surface area contributed by atoms with Gasteiger partial charge in [0.25, 0.3) is 0 Å². The minimum absolute atomic E-state index is 0.355. The second kappa shape index (κ2) is 6.17. The number of hydrogen-bond donors (Lipinski definition) is 0. The van der Waals surface area contributed by atoms with E-state index in [0.29, 0.717) is 17.1 Å². The van der Waals surface area contributed by atoms with Gasteiger partial charge >= 0.3 is 5.82 Å². The Labute approximate surface area is 144 Å². The molecule has 0 aliphatic carbocycles. The lowest BCUT2D eigenvalue weighted by molar-refractivity contribution is -0.583. The van der Waals surface area contributed by atoms with Gasteiger partial charge in [-0.05, 0) is 41.4 Å². The molecule has 4 rings (SSSR count). The van der Waals surface area contributed by atoms with Crippen LogP contribution < -0.4 is 4.73 Å². The van der Waals surface area contributed by atoms with Crippen LogP contribution in [-0.4, -0.2) is 11.3 Å². The van der Waals surface area contributed by atoms with E-state index < -0.39 is 0 Å². The van der Waals surface area contributed by atoms with Gasteiger partial charge in [-0.15, -0.1) is 0 Å². The Morgan fingerprint density at radius 1 is 0.800 bits per heavy atom. The third kappa shape index (κ3) is 2.64. The summed E-state index contributed by atoms with van der Waals surface area (Å²) in [5, 5.41) is 13.9. The molecule has 3 aromatic carbocycles. The maximum Gasteiger partial charge on any atom is 0.334 e. The van der Waals surface area contributed by atoms with Gasteiger partial charge in [0.1, 0.15) is 12.0 Å². The summed E-state index contributed by atoms with van der Waals surface area (Å²) in [5.41, 5.74) is 3.36. The van der Waals surface area contributed by atoms with Crippen molar-refractivity contribution in [2.45, 2.75) is 0 Å². The molecule has 4 heteroatoms. The first-order valence-electron chi connectivity index (χ1n) is 7.91. The third-order valence-electron chi connectivity index (χ3n) is 4.13. The average Bonchev–Trinajstić information content (AvgIpc) is 2.68. The topological polar surface area (TPSA) is 56.9 Å². The lowest BCUT2D eigenvalue weighted by atomic mass is 10.0. The number of rotatable bonds is 3. The largest absolute Gasteiger partial charge is 0.710 e. The zero-order valence-electron chi connectivity index (χ0n) is 13.3. The minimum Gasteiger partial charge on any atom is -0.710 e. The molecule has 0 aliphatic heterocycles. The van der Waals surface area contributed by atoms with Crippen LogP contribution in [0.4, 0.5) is 0 Å². The van der Waals surface area contributed by atoms with E-state index in [-0.39, 0.29) is 0 Å². The van der Waals surface area contributed by atoms with Crippen molar-refractivity contribution in [3.63, 3.8) is 0 Å². The van der Waals surface area contributed by atoms with Crippen molar-refractivity contribution >= 4 is 17.2 Å². The van der Waals surface area contributed by atoms with Crippen LogP contribution in [0.1, 0.15) is 10.4 Å². The first kappa shape index (κ1) is 15.0. The summed E-state index contributed by atoms with van der Waals surface area (Å²) in [7, 11) is 0. The van der Waals surface area contributed by atoms with E-state index in [2.05, 4.69) is 4.98 Å². The Hall–Kier alpha value is -3.53. The predicted molar refractivity (Wildman–Crippen MR) is 97.0 cm³/mol. The van der Waals surface area contributed by atoms with Crippen LogP contribution in [0.5, 0.6) is 0 Å². The molecule has 4 aromatic rings. The van der Waals surface area contributed by atoms with E-state index in [4.69, 9.17) is 0 Å². The quantitative estimate of drug-likeness (QED) is 0.325. The summed E-state index contributed by atoms with van der Waals surface area (Å²) in [6.45, 7) is 0. The Kier molecular flexibility index (Phi) is 3.71. The zero-order valence-corrected chi connectivity index (χ0v) is 13.3. The molecular weight excluding hydrogens is 312 g/mol. The number of benzene rings is 3. The number of aldehydes is 1. The molecule has 120 valence electrons. The first-order valence-corrected chi connectivity index (χ1v) is 7.91. The summed E-state index contributed by atoms with van der Waals surface area (Å²) >= 11 is 0. The lowest BCUT2D eigenvalue weighted by Crippen LogP contribution is -2.33. The maximum absolute atomic E-state index is 13.1. The maximum atomic E-state index is 13.1. The molecule has 0 saturated heterocycles. The summed E-state index contributed by atoms with van der Waals surface area (Å²) in [5.74, 6) is 0.355. The van der Waals surface area contributed by atoms with E-state index in [1.165, 1.54) is 0 Å². The first-order chi connectivity index (χ1) is 12.3. The minimum atomic E-state index is 0.355. The van der Waals surface area contributed by atoms with Crippen molar-refractivity contribution in [2.24, 2.45) is 0 Å². The Morgan fingerprint density at radius 3 is 2.20 bits per heavy atom.